The van der Waals surface area contributed by atoms with Crippen molar-refractivity contribution in [2.24, 2.45) is 30.7 Å². The number of hydrogen-bond acceptors (Lipinski definition) is 22. The molecule has 7 aromatic carbocycles. The number of nitrogens with zero attached hydrogens (tertiary/aromatic N) is 6. The first-order valence-corrected chi connectivity index (χ1v) is 25.0. The number of carbonyl (C=O) groups is 1. The maximum absolute atomic E-state index is 13.6. The summed E-state index contributed by atoms with van der Waals surface area (Å²) in [6.07, 6.45) is 2.09. The molecule has 0 spiro atoms. The van der Waals surface area contributed by atoms with Crippen LogP contribution in [0.3, 0.4) is 0 Å². The molecule has 0 atom stereocenters. The minimum absolute atomic E-state index is 0. The Morgan fingerprint density at radius 2 is 1.01 bits per heavy atom. The molecule has 23 nitrogen and oxygen atoms in total. The van der Waals surface area contributed by atoms with Crippen molar-refractivity contribution in [2.45, 2.75) is 26.5 Å². The van der Waals surface area contributed by atoms with Crippen LogP contribution in [0.15, 0.2) is 159 Å². The summed E-state index contributed by atoms with van der Waals surface area (Å²) in [4.78, 5) is 8.63. The molecule has 0 aliphatic heterocycles. The molecule has 369 valence electrons. The van der Waals surface area contributed by atoms with E-state index in [2.05, 4.69) is 36.0 Å². The number of amides is 1. The van der Waals surface area contributed by atoms with E-state index in [9.17, 15) is 66.9 Å². The van der Waals surface area contributed by atoms with Gasteiger partial charge in [-0.25, -0.2) is 33.7 Å². The fourth-order valence-corrected chi connectivity index (χ4v) is 9.24. The average molecular weight is 1180 g/mol. The fourth-order valence-electron chi connectivity index (χ4n) is 6.69. The van der Waals surface area contributed by atoms with Gasteiger partial charge in [-0.05, 0) is 96.1 Å². The molecule has 0 aromatic heterocycles. The third-order valence-corrected chi connectivity index (χ3v) is 13.3. The summed E-state index contributed by atoms with van der Waals surface area (Å²) in [6, 6.07) is 20.2. The fraction of sp³-hybridized carbons (Fsp3) is 0.0465. The molecular formula is C43H27CuN7Na4O16S4. The van der Waals surface area contributed by atoms with Crippen molar-refractivity contribution in [2.75, 3.05) is 12.4 Å². The van der Waals surface area contributed by atoms with E-state index < -0.39 is 99.9 Å². The molecule has 7 aromatic rings. The van der Waals surface area contributed by atoms with Crippen molar-refractivity contribution in [1.82, 2.24) is 0 Å². The number of anilines is 1. The Morgan fingerprint density at radius 1 is 0.520 bits per heavy atom. The van der Waals surface area contributed by atoms with E-state index in [0.717, 1.165) is 91.9 Å². The van der Waals surface area contributed by atoms with Gasteiger partial charge in [-0.1, -0.05) is 47.9 Å². The second-order valence-corrected chi connectivity index (χ2v) is 19.9. The van der Waals surface area contributed by atoms with Crippen LogP contribution in [0, 0.1) is 0 Å². The monoisotopic (exact) mass is 1180 g/mol. The zero-order valence-electron chi connectivity index (χ0n) is 39.7. The van der Waals surface area contributed by atoms with Gasteiger partial charge in [0.2, 0.25) is 5.91 Å². The van der Waals surface area contributed by atoms with Crippen molar-refractivity contribution < 1.29 is 207 Å². The predicted octanol–water partition coefficient (Wildman–Crippen LogP) is -4.85. The van der Waals surface area contributed by atoms with Crippen LogP contribution in [-0.4, -0.2) is 64.9 Å². The van der Waals surface area contributed by atoms with Gasteiger partial charge >= 0.3 is 135 Å². The molecule has 32 heteroatoms. The third-order valence-electron chi connectivity index (χ3n) is 9.82. The van der Waals surface area contributed by atoms with Crippen LogP contribution < -0.4 is 138 Å². The molecule has 1 amide bonds. The van der Waals surface area contributed by atoms with Gasteiger partial charge in [-0.3, -0.25) is 4.79 Å². The second kappa shape index (κ2) is 27.5. The van der Waals surface area contributed by atoms with E-state index in [0.29, 0.717) is 11.4 Å². The molecule has 0 saturated carbocycles. The number of ether oxygens (including phenoxy) is 1. The molecular weight excluding hydrogens is 1150 g/mol. The van der Waals surface area contributed by atoms with Gasteiger partial charge in [-0.15, -0.1) is 5.11 Å². The largest absolute Gasteiger partial charge is 2.00 e. The first-order chi connectivity index (χ1) is 32.8. The van der Waals surface area contributed by atoms with Gasteiger partial charge in [0.25, 0.3) is 0 Å². The molecule has 1 radical (unpaired) electrons. The number of nitrogens with one attached hydrogen (secondary N) is 1. The Labute approximate surface area is 527 Å². The quantitative estimate of drug-likeness (QED) is 0.0462. The Bertz CT molecular complexity index is 3930. The molecule has 0 bridgehead atoms. The van der Waals surface area contributed by atoms with Crippen molar-refractivity contribution in [3.05, 3.63) is 120 Å². The molecule has 7 rings (SSSR count). The summed E-state index contributed by atoms with van der Waals surface area (Å²) < 4.78 is 151. The predicted molar refractivity (Wildman–Crippen MR) is 240 cm³/mol. The Balaban J connectivity index is 0.00000385. The van der Waals surface area contributed by atoms with Gasteiger partial charge in [-0.2, -0.15) is 25.6 Å². The van der Waals surface area contributed by atoms with E-state index >= 15 is 0 Å². The van der Waals surface area contributed by atoms with Gasteiger partial charge in [0.1, 0.15) is 46.2 Å². The first kappa shape index (κ1) is 67.7. The van der Waals surface area contributed by atoms with Crippen molar-refractivity contribution in [3.63, 3.8) is 0 Å². The first-order valence-electron chi connectivity index (χ1n) is 19.3. The van der Waals surface area contributed by atoms with Crippen molar-refractivity contribution in [1.29, 1.82) is 0 Å². The topological polar surface area (TPSA) is 387 Å². The SMILES string of the molecule is COc1ccc(N=Nc2ccc(C=Cc3ccc(N=Nc4cc([O-])c(N=Nc5ccc6c(S(=O)(=O)[O-])ccc(NC(C)=O)c6c5[O-])c5ccc(S(=O)(=O)[O-])cc45)cc3S(=O)(=O)[O-])c(S(=O)(=O)[O-])c2)cc1.[Cu+2].[Na+].[Na+].[Na+].[Na+]. The minimum atomic E-state index is -5.33. The van der Waals surface area contributed by atoms with Gasteiger partial charge in [0.05, 0.1) is 60.8 Å². The van der Waals surface area contributed by atoms with E-state index in [1.54, 1.807) is 24.3 Å². The van der Waals surface area contributed by atoms with E-state index in [1.165, 1.54) is 19.2 Å². The number of methoxy groups -OCH3 is 1. The van der Waals surface area contributed by atoms with Crippen LogP contribution in [0.1, 0.15) is 18.1 Å². The van der Waals surface area contributed by atoms with Crippen LogP contribution >= 0.6 is 0 Å². The molecule has 0 aliphatic carbocycles. The molecule has 1 N–H and O–H groups in total. The maximum atomic E-state index is 13.6. The molecule has 0 heterocycles. The summed E-state index contributed by atoms with van der Waals surface area (Å²) in [6.45, 7) is 1.10. The minimum Gasteiger partial charge on any atom is -0.871 e. The summed E-state index contributed by atoms with van der Waals surface area (Å²) >= 11 is 0. The zero-order valence-corrected chi connectivity index (χ0v) is 51.9. The third kappa shape index (κ3) is 16.6. The Hall–Kier alpha value is -3.37. The zero-order chi connectivity index (χ0) is 50.9. The number of rotatable bonds is 14. The molecule has 75 heavy (non-hydrogen) atoms. The second-order valence-electron chi connectivity index (χ2n) is 14.5. The Kier molecular flexibility index (Phi) is 24.8. The molecule has 0 unspecified atom stereocenters. The molecule has 0 aliphatic rings. The smallest absolute Gasteiger partial charge is 0.871 e. The summed E-state index contributed by atoms with van der Waals surface area (Å²) in [5, 5.41) is 51.9. The number of azo groups is 3. The van der Waals surface area contributed by atoms with Crippen LogP contribution in [-0.2, 0) is 62.3 Å². The standard InChI is InChI=1S/C43H33N7O16S4.Cu.4Na/c1-23(51)44-34-17-18-38(68(57,58)59)32-15-16-35(43(53)41(32)34)48-50-42-31-14-13-30(67(54,55)56)21-33(31)36(22-37(42)52)49-47-28-8-6-25(40(20-28)70(63,64)65)4-3-24-5-7-27(19-39(24)69(60,61)62)46-45-26-9-11-29(66-2)12-10-26;;;;;/h3-22,52-53H,1-2H3,(H,44,51)(H,54,55,56)(H,57,58,59)(H,60,61,62)(H,63,64,65);;;;;/q;+2;4*+1/p-6. The van der Waals surface area contributed by atoms with Gasteiger partial charge in [0, 0.05) is 34.2 Å². The van der Waals surface area contributed by atoms with Crippen LogP contribution in [0.25, 0.3) is 33.7 Å². The van der Waals surface area contributed by atoms with E-state index in [4.69, 9.17) is 4.74 Å². The Morgan fingerprint density at radius 3 is 1.52 bits per heavy atom. The molecule has 0 saturated heterocycles. The van der Waals surface area contributed by atoms with Crippen LogP contribution in [0.2, 0.25) is 0 Å². The number of hydrogen-bond donors (Lipinski definition) is 1. The van der Waals surface area contributed by atoms with E-state index in [-0.39, 0.29) is 180 Å². The number of carbonyl (C=O) groups excluding carboxylic acids is 1. The normalized spacial score (nSPS) is 12.0. The van der Waals surface area contributed by atoms with Crippen molar-refractivity contribution in [3.8, 4) is 17.2 Å². The molecule has 0 fully saturated rings. The maximum Gasteiger partial charge on any atom is 2.00 e. The summed E-state index contributed by atoms with van der Waals surface area (Å²) in [5.74, 6) is -2.12. The van der Waals surface area contributed by atoms with Crippen molar-refractivity contribution >= 4 is 120 Å². The van der Waals surface area contributed by atoms with Gasteiger partial charge < -0.3 is 38.5 Å². The average Bonchev–Trinajstić information content (AvgIpc) is 3.28. The summed E-state index contributed by atoms with van der Waals surface area (Å²) in [7, 11) is -19.3. The van der Waals surface area contributed by atoms with Gasteiger partial charge in [0.15, 0.2) is 0 Å². The summed E-state index contributed by atoms with van der Waals surface area (Å²) in [5.41, 5.74) is -2.16. The van der Waals surface area contributed by atoms with E-state index in [1.807, 2.05) is 0 Å². The van der Waals surface area contributed by atoms with Crippen LogP contribution in [0.4, 0.5) is 39.8 Å². The number of fused-ring (bicyclic) bond motifs is 2. The number of benzene rings is 7. The van der Waals surface area contributed by atoms with Crippen LogP contribution in [0.5, 0.6) is 17.2 Å².